The van der Waals surface area contributed by atoms with Crippen LogP contribution in [0.25, 0.3) is 0 Å². The van der Waals surface area contributed by atoms with Crippen LogP contribution in [0.1, 0.15) is 5.56 Å². The van der Waals surface area contributed by atoms with Gasteiger partial charge in [0, 0.05) is 7.05 Å². The molecule has 2 aromatic rings. The van der Waals surface area contributed by atoms with E-state index in [1.807, 2.05) is 30.3 Å². The summed E-state index contributed by atoms with van der Waals surface area (Å²) in [5.41, 5.74) is 1.16. The van der Waals surface area contributed by atoms with Crippen molar-refractivity contribution >= 4 is 17.3 Å². The molecule has 0 radical (unpaired) electrons. The van der Waals surface area contributed by atoms with E-state index in [0.29, 0.717) is 12.1 Å². The van der Waals surface area contributed by atoms with Crippen molar-refractivity contribution in [2.45, 2.75) is 12.5 Å². The van der Waals surface area contributed by atoms with E-state index in [2.05, 4.69) is 10.4 Å². The molecule has 1 heterocycles. The number of aliphatic hydroxyl groups excluding tert-OH is 1. The highest BCUT2D eigenvalue weighted by Crippen LogP contribution is 2.17. The van der Waals surface area contributed by atoms with E-state index in [4.69, 9.17) is 11.6 Å². The fraction of sp³-hybridized carbons (Fsp3) is 0.286. The standard InChI is InChI=1S/C14H16ClN3O2/c1-18-14(20)13(15)12(8-16-18)17-11(9-19)7-10-5-3-2-4-6-10/h2-6,8,11,17,19H,7,9H2,1H3. The minimum atomic E-state index is -0.368. The summed E-state index contributed by atoms with van der Waals surface area (Å²) < 4.78 is 1.17. The molecule has 0 amide bonds. The normalized spacial score (nSPS) is 12.2. The number of aryl methyl sites for hydroxylation is 1. The Bertz CT molecular complexity index is 628. The van der Waals surface area contributed by atoms with E-state index < -0.39 is 0 Å². The highest BCUT2D eigenvalue weighted by molar-refractivity contribution is 6.32. The number of nitrogens with zero attached hydrogens (tertiary/aromatic N) is 2. The molecule has 2 N–H and O–H groups in total. The molecule has 0 saturated carbocycles. The molecule has 0 bridgehead atoms. The van der Waals surface area contributed by atoms with Gasteiger partial charge in [-0.1, -0.05) is 41.9 Å². The van der Waals surface area contributed by atoms with E-state index in [-0.39, 0.29) is 23.2 Å². The molecule has 106 valence electrons. The molecule has 6 heteroatoms. The summed E-state index contributed by atoms with van der Waals surface area (Å²) in [6, 6.07) is 9.55. The van der Waals surface area contributed by atoms with Gasteiger partial charge in [0.05, 0.1) is 24.5 Å². The minimum absolute atomic E-state index is 0.0690. The fourth-order valence-corrected chi connectivity index (χ4v) is 2.12. The molecule has 1 unspecified atom stereocenters. The predicted octanol–water partition coefficient (Wildman–Crippen LogP) is 1.45. The number of anilines is 1. The van der Waals surface area contributed by atoms with Crippen molar-refractivity contribution in [1.29, 1.82) is 0 Å². The number of nitrogens with one attached hydrogen (secondary N) is 1. The zero-order valence-electron chi connectivity index (χ0n) is 11.1. The number of hydrogen-bond acceptors (Lipinski definition) is 4. The first-order valence-corrected chi connectivity index (χ1v) is 6.62. The Morgan fingerprint density at radius 1 is 1.40 bits per heavy atom. The zero-order valence-corrected chi connectivity index (χ0v) is 11.8. The van der Waals surface area contributed by atoms with E-state index in [1.54, 1.807) is 0 Å². The lowest BCUT2D eigenvalue weighted by molar-refractivity contribution is 0.273. The molecule has 1 aromatic heterocycles. The summed E-state index contributed by atoms with van der Waals surface area (Å²) in [7, 11) is 1.53. The molecule has 0 saturated heterocycles. The molecule has 0 aliphatic heterocycles. The molecule has 0 fully saturated rings. The fourth-order valence-electron chi connectivity index (χ4n) is 1.89. The van der Waals surface area contributed by atoms with Gasteiger partial charge in [-0.15, -0.1) is 0 Å². The first kappa shape index (κ1) is 14.6. The van der Waals surface area contributed by atoms with Crippen LogP contribution in [0.15, 0.2) is 41.3 Å². The number of rotatable bonds is 5. The summed E-state index contributed by atoms with van der Waals surface area (Å²) in [6.07, 6.45) is 2.11. The summed E-state index contributed by atoms with van der Waals surface area (Å²) in [5, 5.41) is 16.5. The smallest absolute Gasteiger partial charge is 0.287 e. The minimum Gasteiger partial charge on any atom is -0.394 e. The van der Waals surface area contributed by atoms with Gasteiger partial charge in [0.2, 0.25) is 0 Å². The van der Waals surface area contributed by atoms with Gasteiger partial charge in [-0.05, 0) is 12.0 Å². The van der Waals surface area contributed by atoms with Crippen LogP contribution in [0.5, 0.6) is 0 Å². The van der Waals surface area contributed by atoms with Gasteiger partial charge in [0.1, 0.15) is 5.02 Å². The second-order valence-corrected chi connectivity index (χ2v) is 4.89. The number of aromatic nitrogens is 2. The van der Waals surface area contributed by atoms with Crippen LogP contribution < -0.4 is 10.9 Å². The first-order chi connectivity index (χ1) is 9.61. The van der Waals surface area contributed by atoms with Gasteiger partial charge in [0.15, 0.2) is 0 Å². The largest absolute Gasteiger partial charge is 0.394 e. The van der Waals surface area contributed by atoms with E-state index in [1.165, 1.54) is 17.9 Å². The lowest BCUT2D eigenvalue weighted by atomic mass is 10.1. The molecule has 0 aliphatic rings. The Morgan fingerprint density at radius 3 is 2.75 bits per heavy atom. The Morgan fingerprint density at radius 2 is 2.10 bits per heavy atom. The average molecular weight is 294 g/mol. The summed E-state index contributed by atoms with van der Waals surface area (Å²) in [5.74, 6) is 0. The molecular weight excluding hydrogens is 278 g/mol. The zero-order chi connectivity index (χ0) is 14.5. The maximum atomic E-state index is 11.7. The Kier molecular flexibility index (Phi) is 4.76. The van der Waals surface area contributed by atoms with Gasteiger partial charge in [-0.25, -0.2) is 4.68 Å². The number of hydrogen-bond donors (Lipinski definition) is 2. The van der Waals surface area contributed by atoms with Gasteiger partial charge >= 0.3 is 0 Å². The molecule has 5 nitrogen and oxygen atoms in total. The van der Waals surface area contributed by atoms with Crippen LogP contribution in [0, 0.1) is 0 Å². The highest BCUT2D eigenvalue weighted by atomic mass is 35.5. The lowest BCUT2D eigenvalue weighted by Crippen LogP contribution is -2.29. The van der Waals surface area contributed by atoms with Crippen LogP contribution in [-0.4, -0.2) is 27.5 Å². The van der Waals surface area contributed by atoms with E-state index >= 15 is 0 Å². The van der Waals surface area contributed by atoms with Crippen molar-refractivity contribution in [2.75, 3.05) is 11.9 Å². The Labute approximate surface area is 121 Å². The quantitative estimate of drug-likeness (QED) is 0.875. The third-order valence-corrected chi connectivity index (χ3v) is 3.35. The third kappa shape index (κ3) is 3.37. The molecule has 0 spiro atoms. The Hall–Kier alpha value is -1.85. The Balaban J connectivity index is 2.15. The second-order valence-electron chi connectivity index (χ2n) is 4.51. The van der Waals surface area contributed by atoms with Crippen molar-refractivity contribution in [3.05, 3.63) is 57.5 Å². The molecule has 2 rings (SSSR count). The molecular formula is C14H16ClN3O2. The monoisotopic (exact) mass is 293 g/mol. The molecule has 1 aromatic carbocycles. The van der Waals surface area contributed by atoms with Crippen molar-refractivity contribution in [1.82, 2.24) is 9.78 Å². The molecule has 0 aliphatic carbocycles. The predicted molar refractivity (Wildman–Crippen MR) is 79.1 cm³/mol. The van der Waals surface area contributed by atoms with Crippen LogP contribution in [0.2, 0.25) is 5.02 Å². The topological polar surface area (TPSA) is 67.2 Å². The third-order valence-electron chi connectivity index (χ3n) is 2.98. The number of aliphatic hydroxyl groups is 1. The van der Waals surface area contributed by atoms with Crippen molar-refractivity contribution in [3.63, 3.8) is 0 Å². The first-order valence-electron chi connectivity index (χ1n) is 6.25. The van der Waals surface area contributed by atoms with Gasteiger partial charge in [0.25, 0.3) is 5.56 Å². The lowest BCUT2D eigenvalue weighted by Gasteiger charge is -2.18. The summed E-state index contributed by atoms with van der Waals surface area (Å²) >= 11 is 5.99. The second kappa shape index (κ2) is 6.54. The maximum Gasteiger partial charge on any atom is 0.287 e. The number of halogens is 1. The van der Waals surface area contributed by atoms with Crippen LogP contribution in [0.4, 0.5) is 5.69 Å². The van der Waals surface area contributed by atoms with E-state index in [0.717, 1.165) is 5.56 Å². The van der Waals surface area contributed by atoms with Gasteiger partial charge in [-0.2, -0.15) is 5.10 Å². The van der Waals surface area contributed by atoms with Crippen LogP contribution in [0.3, 0.4) is 0 Å². The maximum absolute atomic E-state index is 11.7. The SMILES string of the molecule is Cn1ncc(NC(CO)Cc2ccccc2)c(Cl)c1=O. The van der Waals surface area contributed by atoms with Crippen molar-refractivity contribution in [2.24, 2.45) is 7.05 Å². The van der Waals surface area contributed by atoms with Crippen LogP contribution >= 0.6 is 11.6 Å². The van der Waals surface area contributed by atoms with Gasteiger partial charge < -0.3 is 10.4 Å². The van der Waals surface area contributed by atoms with Gasteiger partial charge in [-0.3, -0.25) is 4.79 Å². The summed E-state index contributed by atoms with van der Waals surface area (Å²) in [6.45, 7) is -0.0690. The van der Waals surface area contributed by atoms with Crippen molar-refractivity contribution < 1.29 is 5.11 Å². The van der Waals surface area contributed by atoms with Crippen molar-refractivity contribution in [3.8, 4) is 0 Å². The molecule has 1 atom stereocenters. The molecule has 20 heavy (non-hydrogen) atoms. The summed E-state index contributed by atoms with van der Waals surface area (Å²) in [4.78, 5) is 11.7. The average Bonchev–Trinajstić information content (AvgIpc) is 2.48. The van der Waals surface area contributed by atoms with E-state index in [9.17, 15) is 9.90 Å². The highest BCUT2D eigenvalue weighted by Gasteiger charge is 2.13. The number of benzene rings is 1. The van der Waals surface area contributed by atoms with Crippen LogP contribution in [-0.2, 0) is 13.5 Å².